The molecule has 0 atom stereocenters. The predicted octanol–water partition coefficient (Wildman–Crippen LogP) is 5.99. The molecule has 2 rings (SSSR count). The Balaban J connectivity index is 0.000000296. The van der Waals surface area contributed by atoms with Gasteiger partial charge in [-0.1, -0.05) is 72.6 Å². The van der Waals surface area contributed by atoms with Crippen LogP contribution in [0.4, 0.5) is 0 Å². The van der Waals surface area contributed by atoms with Crippen LogP contribution in [-0.4, -0.2) is 21.8 Å². The minimum absolute atomic E-state index is 0.0178. The molecule has 2 N–H and O–H groups in total. The molecule has 1 aliphatic rings. The second-order valence-corrected chi connectivity index (χ2v) is 9.70. The molecule has 0 fully saturated rings. The van der Waals surface area contributed by atoms with Crippen molar-refractivity contribution in [3.63, 3.8) is 0 Å². The molecular weight excluding hydrogens is 364 g/mol. The fourth-order valence-corrected chi connectivity index (χ4v) is 3.11. The average Bonchev–Trinajstić information content (AvgIpc) is 2.59. The normalized spacial score (nSPS) is 14.8. The van der Waals surface area contributed by atoms with Crippen LogP contribution in [0.3, 0.4) is 0 Å². The molecule has 1 aliphatic carbocycles. The molecule has 0 radical (unpaired) electrons. The van der Waals surface area contributed by atoms with Gasteiger partial charge in [-0.25, -0.2) is 0 Å². The molecule has 0 aliphatic heterocycles. The fourth-order valence-electron chi connectivity index (χ4n) is 3.11. The second kappa shape index (κ2) is 9.43. The van der Waals surface area contributed by atoms with Crippen LogP contribution in [-0.2, 0) is 20.4 Å². The van der Waals surface area contributed by atoms with Crippen LogP contribution in [0.1, 0.15) is 84.4 Å². The topological polar surface area (TPSA) is 74.6 Å². The predicted molar refractivity (Wildman–Crippen MR) is 119 cm³/mol. The van der Waals surface area contributed by atoms with Gasteiger partial charge in [-0.3, -0.25) is 9.59 Å². The van der Waals surface area contributed by atoms with E-state index in [1.165, 1.54) is 11.6 Å². The number of carbonyl (C=O) groups excluding carboxylic acids is 2. The number of hydrogen-bond acceptors (Lipinski definition) is 4. The largest absolute Gasteiger partial charge is 0.507 e. The fraction of sp³-hybridized carbons (Fsp3) is 0.520. The number of unbranched alkanes of at least 4 members (excludes halogenated alkanes) is 1. The Morgan fingerprint density at radius 1 is 0.828 bits per heavy atom. The molecule has 0 amide bonds. The number of rotatable bonds is 3. The summed E-state index contributed by atoms with van der Waals surface area (Å²) in [5.74, 6) is -0.622. The van der Waals surface area contributed by atoms with Crippen LogP contribution in [0.15, 0.2) is 35.6 Å². The molecule has 0 spiro atoms. The number of ketones is 2. The first-order chi connectivity index (χ1) is 13.2. The van der Waals surface area contributed by atoms with Crippen molar-refractivity contribution in [1.29, 1.82) is 0 Å². The van der Waals surface area contributed by atoms with Gasteiger partial charge in [0.2, 0.25) is 5.78 Å². The van der Waals surface area contributed by atoms with E-state index in [4.69, 9.17) is 0 Å². The van der Waals surface area contributed by atoms with Gasteiger partial charge in [-0.15, -0.1) is 0 Å². The minimum Gasteiger partial charge on any atom is -0.507 e. The van der Waals surface area contributed by atoms with Crippen molar-refractivity contribution in [3.8, 4) is 5.75 Å². The van der Waals surface area contributed by atoms with E-state index in [1.807, 2.05) is 6.92 Å². The molecule has 0 saturated carbocycles. The Kier molecular flexibility index (Phi) is 8.02. The van der Waals surface area contributed by atoms with Crippen LogP contribution >= 0.6 is 0 Å². The van der Waals surface area contributed by atoms with Crippen LogP contribution < -0.4 is 0 Å². The molecule has 1 aromatic carbocycles. The Morgan fingerprint density at radius 2 is 1.28 bits per heavy atom. The number of phenolic OH excluding ortho intramolecular Hbond substituents is 1. The lowest BCUT2D eigenvalue weighted by Crippen LogP contribution is -2.17. The third kappa shape index (κ3) is 6.59. The molecule has 0 bridgehead atoms. The van der Waals surface area contributed by atoms with Crippen molar-refractivity contribution in [2.45, 2.75) is 85.5 Å². The van der Waals surface area contributed by atoms with Gasteiger partial charge in [0.05, 0.1) is 0 Å². The quantitative estimate of drug-likeness (QED) is 0.611. The van der Waals surface area contributed by atoms with Gasteiger partial charge in [0.25, 0.3) is 0 Å². The van der Waals surface area contributed by atoms with E-state index >= 15 is 0 Å². The van der Waals surface area contributed by atoms with E-state index in [-0.39, 0.29) is 27.9 Å². The SMILES string of the molecule is CCCCC1=C(O)C(=O)C=CC1=O.Cc1cc(C(C)(C)C)c(O)c(C(C)(C)C)c1. The van der Waals surface area contributed by atoms with E-state index in [2.05, 4.69) is 60.6 Å². The Labute approximate surface area is 175 Å². The van der Waals surface area contributed by atoms with Gasteiger partial charge in [-0.2, -0.15) is 0 Å². The Bertz CT molecular complexity index is 792. The molecule has 160 valence electrons. The molecule has 0 saturated heterocycles. The van der Waals surface area contributed by atoms with Crippen molar-refractivity contribution in [1.82, 2.24) is 0 Å². The first-order valence-corrected chi connectivity index (χ1v) is 10.2. The number of hydrogen-bond donors (Lipinski definition) is 2. The van der Waals surface area contributed by atoms with Gasteiger partial charge in [0, 0.05) is 5.57 Å². The van der Waals surface area contributed by atoms with Crippen molar-refractivity contribution < 1.29 is 19.8 Å². The Hall–Kier alpha value is -2.36. The summed E-state index contributed by atoms with van der Waals surface area (Å²) >= 11 is 0. The van der Waals surface area contributed by atoms with Crippen LogP contribution in [0.5, 0.6) is 5.75 Å². The number of allylic oxidation sites excluding steroid dienone is 3. The number of aryl methyl sites for hydroxylation is 1. The molecule has 0 heterocycles. The maximum Gasteiger partial charge on any atom is 0.220 e. The Morgan fingerprint density at radius 3 is 1.69 bits per heavy atom. The maximum atomic E-state index is 11.2. The third-order valence-corrected chi connectivity index (χ3v) is 4.85. The number of carbonyl (C=O) groups is 2. The highest BCUT2D eigenvalue weighted by Crippen LogP contribution is 2.39. The molecule has 29 heavy (non-hydrogen) atoms. The monoisotopic (exact) mass is 400 g/mol. The number of aliphatic hydroxyl groups is 1. The van der Waals surface area contributed by atoms with Gasteiger partial charge < -0.3 is 10.2 Å². The summed E-state index contributed by atoms with van der Waals surface area (Å²) in [6.45, 7) is 16.9. The highest BCUT2D eigenvalue weighted by molar-refractivity contribution is 6.18. The van der Waals surface area contributed by atoms with E-state index < -0.39 is 5.78 Å². The van der Waals surface area contributed by atoms with Gasteiger partial charge in [0.15, 0.2) is 11.5 Å². The van der Waals surface area contributed by atoms with E-state index in [0.29, 0.717) is 12.2 Å². The van der Waals surface area contributed by atoms with Gasteiger partial charge >= 0.3 is 0 Å². The van der Waals surface area contributed by atoms with Crippen molar-refractivity contribution in [2.24, 2.45) is 0 Å². The molecule has 0 aromatic heterocycles. The lowest BCUT2D eigenvalue weighted by Gasteiger charge is -2.27. The zero-order valence-electron chi connectivity index (χ0n) is 19.1. The third-order valence-electron chi connectivity index (χ3n) is 4.85. The van der Waals surface area contributed by atoms with Crippen molar-refractivity contribution in [2.75, 3.05) is 0 Å². The summed E-state index contributed by atoms with van der Waals surface area (Å²) in [5, 5.41) is 19.7. The average molecular weight is 401 g/mol. The molecule has 4 nitrogen and oxygen atoms in total. The number of aliphatic hydroxyl groups excluding tert-OH is 1. The van der Waals surface area contributed by atoms with Crippen molar-refractivity contribution >= 4 is 11.6 Å². The van der Waals surface area contributed by atoms with Crippen LogP contribution in [0.2, 0.25) is 0 Å². The summed E-state index contributed by atoms with van der Waals surface area (Å²) in [7, 11) is 0. The first kappa shape index (κ1) is 24.7. The summed E-state index contributed by atoms with van der Waals surface area (Å²) in [5.41, 5.74) is 3.52. The number of benzene rings is 1. The highest BCUT2D eigenvalue weighted by Gasteiger charge is 2.25. The van der Waals surface area contributed by atoms with Crippen molar-refractivity contribution in [3.05, 3.63) is 52.3 Å². The standard InChI is InChI=1S/C15H24O.C10H12O3/c1-10-8-11(14(2,3)4)13(16)12(9-10)15(5,6)7;1-2-3-4-7-8(11)5-6-9(12)10(7)13/h8-9,16H,1-7H3;5-6,13H,2-4H2,1H3. The minimum atomic E-state index is -0.467. The number of aromatic hydroxyl groups is 1. The molecule has 4 heteroatoms. The summed E-state index contributed by atoms with van der Waals surface area (Å²) in [6.07, 6.45) is 4.55. The zero-order valence-corrected chi connectivity index (χ0v) is 19.1. The summed E-state index contributed by atoms with van der Waals surface area (Å²) in [6, 6.07) is 4.18. The highest BCUT2D eigenvalue weighted by atomic mass is 16.3. The first-order valence-electron chi connectivity index (χ1n) is 10.2. The smallest absolute Gasteiger partial charge is 0.220 e. The van der Waals surface area contributed by atoms with E-state index in [9.17, 15) is 19.8 Å². The van der Waals surface area contributed by atoms with Crippen LogP contribution in [0, 0.1) is 6.92 Å². The van der Waals surface area contributed by atoms with Crippen LogP contribution in [0.25, 0.3) is 0 Å². The molecule has 1 aromatic rings. The summed E-state index contributed by atoms with van der Waals surface area (Å²) in [4.78, 5) is 22.2. The van der Waals surface area contributed by atoms with Gasteiger partial charge in [0.1, 0.15) is 5.75 Å². The maximum absolute atomic E-state index is 11.2. The second-order valence-electron chi connectivity index (χ2n) is 9.70. The summed E-state index contributed by atoms with van der Waals surface area (Å²) < 4.78 is 0. The lowest BCUT2D eigenvalue weighted by molar-refractivity contribution is -0.117. The molecule has 0 unspecified atom stereocenters. The number of phenols is 1. The van der Waals surface area contributed by atoms with E-state index in [0.717, 1.165) is 30.0 Å². The lowest BCUT2D eigenvalue weighted by atomic mass is 9.78. The van der Waals surface area contributed by atoms with Gasteiger partial charge in [-0.05, 0) is 53.9 Å². The molecular formula is C25H36O4. The van der Waals surface area contributed by atoms with E-state index in [1.54, 1.807) is 0 Å². The zero-order chi connectivity index (χ0) is 22.6.